The molecule has 0 saturated carbocycles. The second-order valence-corrected chi connectivity index (χ2v) is 6.29. The minimum atomic E-state index is -0.117. The maximum atomic E-state index is 11.9. The van der Waals surface area contributed by atoms with E-state index in [1.165, 1.54) is 12.8 Å². The van der Waals surface area contributed by atoms with Crippen LogP contribution in [0, 0.1) is 0 Å². The van der Waals surface area contributed by atoms with Crippen molar-refractivity contribution in [1.29, 1.82) is 0 Å². The SMILES string of the molecule is CCOC(=O)CC1CCCC2CCCC(CC(=O)OCC)N21. The molecule has 2 saturated heterocycles. The van der Waals surface area contributed by atoms with Crippen molar-refractivity contribution in [1.82, 2.24) is 4.90 Å². The molecule has 0 amide bonds. The van der Waals surface area contributed by atoms with Gasteiger partial charge in [-0.1, -0.05) is 12.8 Å². The zero-order chi connectivity index (χ0) is 15.9. The molecular weight excluding hydrogens is 282 g/mol. The topological polar surface area (TPSA) is 55.8 Å². The molecule has 2 rings (SSSR count). The Morgan fingerprint density at radius 1 is 0.864 bits per heavy atom. The zero-order valence-corrected chi connectivity index (χ0v) is 13.9. The van der Waals surface area contributed by atoms with Gasteiger partial charge in [-0.15, -0.1) is 0 Å². The maximum Gasteiger partial charge on any atom is 0.307 e. The number of rotatable bonds is 6. The van der Waals surface area contributed by atoms with Gasteiger partial charge in [-0.05, 0) is 39.5 Å². The molecule has 0 spiro atoms. The van der Waals surface area contributed by atoms with E-state index in [0.717, 1.165) is 25.7 Å². The Labute approximate surface area is 133 Å². The lowest BCUT2D eigenvalue weighted by Crippen LogP contribution is -2.55. The van der Waals surface area contributed by atoms with Crippen LogP contribution in [0.4, 0.5) is 0 Å². The molecule has 22 heavy (non-hydrogen) atoms. The van der Waals surface area contributed by atoms with E-state index in [1.807, 2.05) is 13.8 Å². The third-order valence-electron chi connectivity index (χ3n) is 4.83. The monoisotopic (exact) mass is 311 g/mol. The number of carbonyl (C=O) groups is 2. The summed E-state index contributed by atoms with van der Waals surface area (Å²) in [6.45, 7) is 4.54. The molecule has 2 unspecified atom stereocenters. The summed E-state index contributed by atoms with van der Waals surface area (Å²) in [5, 5.41) is 0. The first-order valence-corrected chi connectivity index (χ1v) is 8.74. The van der Waals surface area contributed by atoms with Crippen LogP contribution in [0.1, 0.15) is 65.2 Å². The van der Waals surface area contributed by atoms with Gasteiger partial charge in [-0.3, -0.25) is 14.5 Å². The Hall–Kier alpha value is -1.10. The van der Waals surface area contributed by atoms with Gasteiger partial charge >= 0.3 is 11.9 Å². The zero-order valence-electron chi connectivity index (χ0n) is 13.9. The largest absolute Gasteiger partial charge is 0.466 e. The van der Waals surface area contributed by atoms with Crippen LogP contribution in [-0.4, -0.2) is 48.2 Å². The predicted molar refractivity (Wildman–Crippen MR) is 83.4 cm³/mol. The van der Waals surface area contributed by atoms with Crippen LogP contribution in [0.5, 0.6) is 0 Å². The van der Waals surface area contributed by atoms with Crippen molar-refractivity contribution < 1.29 is 19.1 Å². The molecule has 0 aromatic heterocycles. The third-order valence-corrected chi connectivity index (χ3v) is 4.83. The van der Waals surface area contributed by atoms with Gasteiger partial charge in [0.1, 0.15) is 0 Å². The number of hydrogen-bond acceptors (Lipinski definition) is 5. The Balaban J connectivity index is 2.02. The van der Waals surface area contributed by atoms with Gasteiger partial charge in [0.05, 0.1) is 26.1 Å². The van der Waals surface area contributed by atoms with Gasteiger partial charge in [-0.2, -0.15) is 0 Å². The summed E-state index contributed by atoms with van der Waals surface area (Å²) >= 11 is 0. The fourth-order valence-corrected chi connectivity index (χ4v) is 4.05. The highest BCUT2D eigenvalue weighted by Crippen LogP contribution is 2.36. The molecule has 2 fully saturated rings. The quantitative estimate of drug-likeness (QED) is 0.706. The number of ether oxygens (including phenoxy) is 2. The predicted octanol–water partition coefficient (Wildman–Crippen LogP) is 2.67. The van der Waals surface area contributed by atoms with Crippen molar-refractivity contribution in [2.45, 2.75) is 83.3 Å². The normalized spacial score (nSPS) is 28.7. The fraction of sp³-hybridized carbons (Fsp3) is 0.882. The molecule has 0 radical (unpaired) electrons. The van der Waals surface area contributed by atoms with Crippen LogP contribution in [0.25, 0.3) is 0 Å². The summed E-state index contributed by atoms with van der Waals surface area (Å²) in [7, 11) is 0. The lowest BCUT2D eigenvalue weighted by atomic mass is 9.83. The number of piperidine rings is 2. The molecule has 2 atom stereocenters. The third kappa shape index (κ3) is 4.45. The van der Waals surface area contributed by atoms with Crippen molar-refractivity contribution in [3.8, 4) is 0 Å². The number of esters is 2. The van der Waals surface area contributed by atoms with E-state index in [4.69, 9.17) is 9.47 Å². The highest BCUT2D eigenvalue weighted by Gasteiger charge is 2.39. The van der Waals surface area contributed by atoms with Crippen LogP contribution in [0.2, 0.25) is 0 Å². The summed E-state index contributed by atoms with van der Waals surface area (Å²) in [6.07, 6.45) is 7.63. The fourth-order valence-electron chi connectivity index (χ4n) is 4.05. The van der Waals surface area contributed by atoms with Crippen LogP contribution in [-0.2, 0) is 19.1 Å². The first-order chi connectivity index (χ1) is 10.7. The van der Waals surface area contributed by atoms with Gasteiger partial charge < -0.3 is 9.47 Å². The molecule has 2 heterocycles. The van der Waals surface area contributed by atoms with Gasteiger partial charge in [0.2, 0.25) is 0 Å². The average Bonchev–Trinajstić information content (AvgIpc) is 2.48. The van der Waals surface area contributed by atoms with Gasteiger partial charge in [0.25, 0.3) is 0 Å². The van der Waals surface area contributed by atoms with Crippen molar-refractivity contribution in [3.05, 3.63) is 0 Å². The molecule has 5 nitrogen and oxygen atoms in total. The Morgan fingerprint density at radius 3 is 1.73 bits per heavy atom. The summed E-state index contributed by atoms with van der Waals surface area (Å²) in [5.41, 5.74) is 0. The van der Waals surface area contributed by atoms with Crippen LogP contribution >= 0.6 is 0 Å². The smallest absolute Gasteiger partial charge is 0.307 e. The van der Waals surface area contributed by atoms with Crippen molar-refractivity contribution in [3.63, 3.8) is 0 Å². The van der Waals surface area contributed by atoms with Crippen LogP contribution in [0.15, 0.2) is 0 Å². The minimum Gasteiger partial charge on any atom is -0.466 e. The van der Waals surface area contributed by atoms with E-state index in [-0.39, 0.29) is 24.0 Å². The maximum absolute atomic E-state index is 11.9. The van der Waals surface area contributed by atoms with Gasteiger partial charge in [-0.25, -0.2) is 0 Å². The molecule has 0 aliphatic carbocycles. The molecular formula is C17H29NO4. The first kappa shape index (κ1) is 17.3. The van der Waals surface area contributed by atoms with Gasteiger partial charge in [0, 0.05) is 18.1 Å². The molecule has 2 aliphatic rings. The van der Waals surface area contributed by atoms with Crippen molar-refractivity contribution in [2.75, 3.05) is 13.2 Å². The summed E-state index contributed by atoms with van der Waals surface area (Å²) < 4.78 is 10.2. The van der Waals surface area contributed by atoms with Crippen LogP contribution in [0.3, 0.4) is 0 Å². The lowest BCUT2D eigenvalue weighted by Gasteiger charge is -2.49. The van der Waals surface area contributed by atoms with E-state index in [2.05, 4.69) is 4.90 Å². The summed E-state index contributed by atoms with van der Waals surface area (Å²) in [5.74, 6) is -0.234. The second kappa shape index (κ2) is 8.51. The molecule has 0 aromatic rings. The van der Waals surface area contributed by atoms with Gasteiger partial charge in [0.15, 0.2) is 0 Å². The standard InChI is InChI=1S/C17H29NO4/c1-3-21-16(19)11-14-9-5-7-13-8-6-10-15(18(13)14)12-17(20)22-4-2/h13-15H,3-12H2,1-2H3. The highest BCUT2D eigenvalue weighted by molar-refractivity contribution is 5.71. The Morgan fingerprint density at radius 2 is 1.32 bits per heavy atom. The number of carbonyl (C=O) groups excluding carboxylic acids is 2. The van der Waals surface area contributed by atoms with E-state index in [1.54, 1.807) is 0 Å². The minimum absolute atomic E-state index is 0.117. The van der Waals surface area contributed by atoms with E-state index < -0.39 is 0 Å². The van der Waals surface area contributed by atoms with Crippen LogP contribution < -0.4 is 0 Å². The molecule has 0 bridgehead atoms. The first-order valence-electron chi connectivity index (χ1n) is 8.74. The average molecular weight is 311 g/mol. The number of fused-ring (bicyclic) bond motifs is 1. The number of nitrogens with zero attached hydrogens (tertiary/aromatic N) is 1. The molecule has 0 aromatic carbocycles. The molecule has 0 N–H and O–H groups in total. The molecule has 126 valence electrons. The van der Waals surface area contributed by atoms with Crippen molar-refractivity contribution in [2.24, 2.45) is 0 Å². The van der Waals surface area contributed by atoms with E-state index in [9.17, 15) is 9.59 Å². The summed E-state index contributed by atoms with van der Waals surface area (Å²) in [4.78, 5) is 26.2. The number of hydrogen-bond donors (Lipinski definition) is 0. The van der Waals surface area contributed by atoms with Crippen molar-refractivity contribution >= 4 is 11.9 Å². The lowest BCUT2D eigenvalue weighted by molar-refractivity contribution is -0.148. The Kier molecular flexibility index (Phi) is 6.68. The highest BCUT2D eigenvalue weighted by atomic mass is 16.5. The Bertz CT molecular complexity index is 351. The second-order valence-electron chi connectivity index (χ2n) is 6.29. The van der Waals surface area contributed by atoms with E-state index >= 15 is 0 Å². The molecule has 5 heteroatoms. The summed E-state index contributed by atoms with van der Waals surface area (Å²) in [6, 6.07) is 0.955. The molecule has 2 aliphatic heterocycles. The van der Waals surface area contributed by atoms with E-state index in [0.29, 0.717) is 32.1 Å².